The van der Waals surface area contributed by atoms with Gasteiger partial charge in [0.2, 0.25) is 11.8 Å². The summed E-state index contributed by atoms with van der Waals surface area (Å²) in [5.41, 5.74) is -1.05. The Hall–Kier alpha value is -2.14. The van der Waals surface area contributed by atoms with E-state index in [1.807, 2.05) is 0 Å². The van der Waals surface area contributed by atoms with Crippen LogP contribution in [-0.2, 0) is 25.2 Å². The number of aromatic nitrogens is 2. The minimum atomic E-state index is -4.64. The maximum atomic E-state index is 13.1. The summed E-state index contributed by atoms with van der Waals surface area (Å²) in [6.45, 7) is 0.919. The Bertz CT molecular complexity index is 654. The van der Waals surface area contributed by atoms with Crippen molar-refractivity contribution < 1.29 is 36.9 Å². The molecule has 1 N–H and O–H groups in total. The van der Waals surface area contributed by atoms with Gasteiger partial charge in [0.1, 0.15) is 11.7 Å². The number of carbonyl (C=O) groups excluding carboxylic acids is 1. The van der Waals surface area contributed by atoms with Gasteiger partial charge in [-0.25, -0.2) is 4.98 Å². The third-order valence-electron chi connectivity index (χ3n) is 4.02. The highest BCUT2D eigenvalue weighted by molar-refractivity contribution is 5.72. The van der Waals surface area contributed by atoms with Gasteiger partial charge in [-0.15, -0.1) is 0 Å². The molecule has 0 amide bonds. The monoisotopic (exact) mass is 377 g/mol. The van der Waals surface area contributed by atoms with E-state index >= 15 is 0 Å². The van der Waals surface area contributed by atoms with Crippen molar-refractivity contribution in [2.24, 2.45) is 5.92 Å². The lowest BCUT2D eigenvalue weighted by molar-refractivity contribution is -0.150. The highest BCUT2D eigenvalue weighted by Gasteiger charge is 2.38. The second kappa shape index (κ2) is 7.62. The summed E-state index contributed by atoms with van der Waals surface area (Å²) in [4.78, 5) is 19.2. The number of esters is 1. The van der Waals surface area contributed by atoms with Gasteiger partial charge >= 0.3 is 12.1 Å². The van der Waals surface area contributed by atoms with Crippen molar-refractivity contribution in [1.29, 1.82) is 0 Å². The molecule has 2 fully saturated rings. The molecule has 2 saturated heterocycles. The Kier molecular flexibility index (Phi) is 5.47. The molecule has 8 nitrogen and oxygen atoms in total. The van der Waals surface area contributed by atoms with E-state index in [4.69, 9.17) is 14.2 Å². The van der Waals surface area contributed by atoms with E-state index in [1.54, 1.807) is 0 Å². The smallest absolute Gasteiger partial charge is 0.423 e. The van der Waals surface area contributed by atoms with Crippen molar-refractivity contribution in [1.82, 2.24) is 9.97 Å². The number of hydrogen-bond donors (Lipinski definition) is 1. The third-order valence-corrected chi connectivity index (χ3v) is 4.02. The van der Waals surface area contributed by atoms with Crippen LogP contribution in [0, 0.1) is 5.92 Å². The molecule has 1 aromatic heterocycles. The number of anilines is 1. The number of nitrogens with one attached hydrogen (secondary N) is 1. The van der Waals surface area contributed by atoms with E-state index in [2.05, 4.69) is 20.0 Å². The van der Waals surface area contributed by atoms with E-state index in [0.717, 1.165) is 0 Å². The van der Waals surface area contributed by atoms with Gasteiger partial charge in [0.25, 0.3) is 0 Å². The van der Waals surface area contributed by atoms with E-state index in [1.165, 1.54) is 7.11 Å². The normalized spacial score (nSPS) is 23.8. The van der Waals surface area contributed by atoms with E-state index in [-0.39, 0.29) is 38.4 Å². The van der Waals surface area contributed by atoms with Gasteiger partial charge in [-0.2, -0.15) is 18.2 Å². The highest BCUT2D eigenvalue weighted by Crippen LogP contribution is 2.36. The van der Waals surface area contributed by atoms with E-state index in [9.17, 15) is 18.0 Å². The molecule has 0 bridgehead atoms. The number of nitrogens with zero attached hydrogens (tertiary/aromatic N) is 2. The predicted octanol–water partition coefficient (Wildman–Crippen LogP) is 1.26. The fraction of sp³-hybridized carbons (Fsp3) is 0.667. The quantitative estimate of drug-likeness (QED) is 0.767. The van der Waals surface area contributed by atoms with Crippen LogP contribution >= 0.6 is 0 Å². The lowest BCUT2D eigenvalue weighted by Crippen LogP contribution is -2.40. The molecule has 3 heterocycles. The van der Waals surface area contributed by atoms with Gasteiger partial charge < -0.3 is 24.3 Å². The van der Waals surface area contributed by atoms with Gasteiger partial charge in [-0.3, -0.25) is 4.79 Å². The second-order valence-electron chi connectivity index (χ2n) is 6.02. The van der Waals surface area contributed by atoms with Crippen molar-refractivity contribution >= 4 is 11.9 Å². The zero-order valence-corrected chi connectivity index (χ0v) is 13.9. The fourth-order valence-corrected chi connectivity index (χ4v) is 2.61. The molecular weight excluding hydrogens is 359 g/mol. The van der Waals surface area contributed by atoms with Gasteiger partial charge in [-0.05, 0) is 6.42 Å². The fourth-order valence-electron chi connectivity index (χ4n) is 2.61. The molecule has 0 saturated carbocycles. The van der Waals surface area contributed by atoms with E-state index < -0.39 is 35.6 Å². The van der Waals surface area contributed by atoms with E-state index in [0.29, 0.717) is 12.6 Å². The summed E-state index contributed by atoms with van der Waals surface area (Å²) < 4.78 is 59.5. The van der Waals surface area contributed by atoms with Crippen LogP contribution < -0.4 is 10.1 Å². The Morgan fingerprint density at radius 1 is 1.27 bits per heavy atom. The first-order valence-corrected chi connectivity index (χ1v) is 7.97. The van der Waals surface area contributed by atoms with Crippen molar-refractivity contribution in [3.63, 3.8) is 0 Å². The maximum absolute atomic E-state index is 13.1. The SMILES string of the molecule is COC(=O)C1COCC(Nc2ncc(C(F)(F)F)c(OC3COC3)n2)C1. The summed E-state index contributed by atoms with van der Waals surface area (Å²) >= 11 is 0. The van der Waals surface area contributed by atoms with Crippen molar-refractivity contribution in [2.75, 3.05) is 38.9 Å². The van der Waals surface area contributed by atoms with Crippen LogP contribution in [0.15, 0.2) is 6.20 Å². The number of alkyl halides is 3. The Morgan fingerprint density at radius 2 is 2.00 bits per heavy atom. The topological polar surface area (TPSA) is 91.8 Å². The van der Waals surface area contributed by atoms with Crippen molar-refractivity contribution in [3.8, 4) is 5.88 Å². The summed E-state index contributed by atoms with van der Waals surface area (Å²) in [6.07, 6.45) is -4.04. The van der Waals surface area contributed by atoms with Crippen LogP contribution in [0.2, 0.25) is 0 Å². The molecule has 26 heavy (non-hydrogen) atoms. The van der Waals surface area contributed by atoms with Gasteiger partial charge in [0.05, 0.1) is 45.5 Å². The first kappa shape index (κ1) is 18.6. The highest BCUT2D eigenvalue weighted by atomic mass is 19.4. The average molecular weight is 377 g/mol. The first-order valence-electron chi connectivity index (χ1n) is 7.97. The van der Waals surface area contributed by atoms with Gasteiger partial charge in [-0.1, -0.05) is 0 Å². The summed E-state index contributed by atoms with van der Waals surface area (Å²) in [5.74, 6) is -1.45. The van der Waals surface area contributed by atoms with Gasteiger partial charge in [0, 0.05) is 6.20 Å². The standard InChI is InChI=1S/C15H18F3N3O5/c1-23-13(22)8-2-9(5-24-4-8)20-14-19-3-11(15(16,17)18)12(21-14)26-10-6-25-7-10/h3,8-10H,2,4-7H2,1H3,(H,19,20,21). The molecule has 0 radical (unpaired) electrons. The van der Waals surface area contributed by atoms with Crippen LogP contribution in [0.1, 0.15) is 12.0 Å². The zero-order chi connectivity index (χ0) is 18.7. The molecule has 0 aliphatic carbocycles. The summed E-state index contributed by atoms with van der Waals surface area (Å²) in [6, 6.07) is -0.343. The molecule has 0 aromatic carbocycles. The molecule has 2 atom stereocenters. The number of ether oxygens (including phenoxy) is 4. The Morgan fingerprint density at radius 3 is 2.62 bits per heavy atom. The van der Waals surface area contributed by atoms with Crippen LogP contribution in [0.4, 0.5) is 19.1 Å². The molecule has 11 heteroatoms. The molecule has 2 aliphatic rings. The Labute approximate surface area is 147 Å². The second-order valence-corrected chi connectivity index (χ2v) is 6.02. The first-order chi connectivity index (χ1) is 12.4. The lowest BCUT2D eigenvalue weighted by atomic mass is 9.99. The molecule has 1 aromatic rings. The minimum Gasteiger partial charge on any atom is -0.469 e. The third kappa shape index (κ3) is 4.33. The predicted molar refractivity (Wildman–Crippen MR) is 80.6 cm³/mol. The van der Waals surface area contributed by atoms with Gasteiger partial charge in [0.15, 0.2) is 0 Å². The molecule has 3 rings (SSSR count). The molecule has 0 spiro atoms. The minimum absolute atomic E-state index is 0.0349. The zero-order valence-electron chi connectivity index (χ0n) is 13.9. The van der Waals surface area contributed by atoms with Crippen LogP contribution in [-0.4, -0.2) is 61.6 Å². The molecular formula is C15H18F3N3O5. The molecule has 144 valence electrons. The average Bonchev–Trinajstić information content (AvgIpc) is 2.57. The summed E-state index contributed by atoms with van der Waals surface area (Å²) in [5, 5.41) is 2.88. The number of methoxy groups -OCH3 is 1. The molecule has 2 unspecified atom stereocenters. The summed E-state index contributed by atoms with van der Waals surface area (Å²) in [7, 11) is 1.28. The van der Waals surface area contributed by atoms with Crippen LogP contribution in [0.3, 0.4) is 0 Å². The van der Waals surface area contributed by atoms with Crippen molar-refractivity contribution in [3.05, 3.63) is 11.8 Å². The van der Waals surface area contributed by atoms with Crippen molar-refractivity contribution in [2.45, 2.75) is 24.7 Å². The number of carbonyl (C=O) groups is 1. The number of hydrogen-bond acceptors (Lipinski definition) is 8. The lowest BCUT2D eigenvalue weighted by Gasteiger charge is -2.29. The maximum Gasteiger partial charge on any atom is 0.423 e. The van der Waals surface area contributed by atoms with Crippen LogP contribution in [0.5, 0.6) is 5.88 Å². The number of rotatable bonds is 5. The largest absolute Gasteiger partial charge is 0.469 e. The number of halogens is 3. The Balaban J connectivity index is 1.73. The van der Waals surface area contributed by atoms with Crippen LogP contribution in [0.25, 0.3) is 0 Å². The molecule has 2 aliphatic heterocycles.